The Labute approximate surface area is 197 Å². The van der Waals surface area contributed by atoms with Crippen molar-refractivity contribution in [1.29, 1.82) is 0 Å². The van der Waals surface area contributed by atoms with Crippen LogP contribution in [0.25, 0.3) is 22.2 Å². The van der Waals surface area contributed by atoms with Crippen molar-refractivity contribution in [1.82, 2.24) is 9.97 Å². The number of nitrogens with zero attached hydrogens (tertiary/aromatic N) is 3. The van der Waals surface area contributed by atoms with Gasteiger partial charge in [0.2, 0.25) is 0 Å². The second-order valence-electron chi connectivity index (χ2n) is 7.75. The second-order valence-corrected chi connectivity index (χ2v) is 8.61. The molecule has 4 aromatic rings. The number of carbonyl (C=O) groups excluding carboxylic acids is 2. The fourth-order valence-corrected chi connectivity index (χ4v) is 4.76. The molecule has 9 nitrogen and oxygen atoms in total. The number of esters is 1. The molecule has 0 bridgehead atoms. The number of pyridine rings is 1. The summed E-state index contributed by atoms with van der Waals surface area (Å²) in [5.41, 5.74) is 4.29. The Bertz CT molecular complexity index is 1430. The Kier molecular flexibility index (Phi) is 5.72. The number of hydrogen-bond donors (Lipinski definition) is 1. The highest BCUT2D eigenvalue weighted by molar-refractivity contribution is 7.14. The van der Waals surface area contributed by atoms with Crippen LogP contribution in [0.2, 0.25) is 0 Å². The lowest BCUT2D eigenvalue weighted by atomic mass is 10.0. The number of nitro benzene ring substituents is 1. The SMILES string of the molecule is O=C(COC(=O)c1c2c(nc3ccccc13)CCC2)Nc1nc(-c2ccc([N+](=O)[O-])cc2)cs1. The molecular formula is C24H18N4O5S. The van der Waals surface area contributed by atoms with Crippen molar-refractivity contribution in [3.63, 3.8) is 0 Å². The lowest BCUT2D eigenvalue weighted by Gasteiger charge is -2.12. The van der Waals surface area contributed by atoms with E-state index in [9.17, 15) is 19.7 Å². The maximum Gasteiger partial charge on any atom is 0.339 e. The average Bonchev–Trinajstić information content (AvgIpc) is 3.50. The van der Waals surface area contributed by atoms with Crippen molar-refractivity contribution in [2.45, 2.75) is 19.3 Å². The summed E-state index contributed by atoms with van der Waals surface area (Å²) in [7, 11) is 0. The Morgan fingerprint density at radius 1 is 1.09 bits per heavy atom. The zero-order valence-electron chi connectivity index (χ0n) is 17.8. The van der Waals surface area contributed by atoms with Crippen LogP contribution in [-0.4, -0.2) is 33.4 Å². The predicted octanol–water partition coefficient (Wildman–Crippen LogP) is 4.55. The number of ether oxygens (including phenoxy) is 1. The van der Waals surface area contributed by atoms with E-state index in [1.807, 2.05) is 24.3 Å². The van der Waals surface area contributed by atoms with Gasteiger partial charge in [0.15, 0.2) is 11.7 Å². The summed E-state index contributed by atoms with van der Waals surface area (Å²) >= 11 is 1.21. The number of fused-ring (bicyclic) bond motifs is 2. The maximum absolute atomic E-state index is 12.9. The van der Waals surface area contributed by atoms with Crippen LogP contribution in [-0.2, 0) is 22.4 Å². The number of nitrogens with one attached hydrogen (secondary N) is 1. The first-order valence-electron chi connectivity index (χ1n) is 10.6. The normalized spacial score (nSPS) is 12.4. The molecule has 1 N–H and O–H groups in total. The summed E-state index contributed by atoms with van der Waals surface area (Å²) in [4.78, 5) is 44.7. The van der Waals surface area contributed by atoms with E-state index in [4.69, 9.17) is 4.74 Å². The van der Waals surface area contributed by atoms with E-state index in [-0.39, 0.29) is 5.69 Å². The van der Waals surface area contributed by atoms with Gasteiger partial charge in [-0.05, 0) is 43.0 Å². The third kappa shape index (κ3) is 4.23. The molecule has 2 aromatic carbocycles. The van der Waals surface area contributed by atoms with Gasteiger partial charge in [-0.3, -0.25) is 25.2 Å². The van der Waals surface area contributed by atoms with Gasteiger partial charge >= 0.3 is 5.97 Å². The monoisotopic (exact) mass is 474 g/mol. The van der Waals surface area contributed by atoms with Gasteiger partial charge in [0.1, 0.15) is 0 Å². The number of nitro groups is 1. The third-order valence-corrected chi connectivity index (χ3v) is 6.34. The fraction of sp³-hybridized carbons (Fsp3) is 0.167. The molecule has 0 fully saturated rings. The number of benzene rings is 2. The minimum Gasteiger partial charge on any atom is -0.452 e. The van der Waals surface area contributed by atoms with Crippen LogP contribution in [0, 0.1) is 10.1 Å². The van der Waals surface area contributed by atoms with Crippen LogP contribution in [0.5, 0.6) is 0 Å². The molecule has 0 spiro atoms. The van der Waals surface area contributed by atoms with Crippen molar-refractivity contribution < 1.29 is 19.2 Å². The van der Waals surface area contributed by atoms with Crippen molar-refractivity contribution in [3.05, 3.63) is 80.8 Å². The predicted molar refractivity (Wildman–Crippen MR) is 127 cm³/mol. The zero-order chi connectivity index (χ0) is 23.7. The van der Waals surface area contributed by atoms with Gasteiger partial charge in [0.05, 0.1) is 21.7 Å². The number of carbonyl (C=O) groups is 2. The summed E-state index contributed by atoms with van der Waals surface area (Å²) in [6.45, 7) is -0.448. The van der Waals surface area contributed by atoms with Crippen LogP contribution in [0.15, 0.2) is 53.9 Å². The van der Waals surface area contributed by atoms with E-state index in [0.29, 0.717) is 22.0 Å². The summed E-state index contributed by atoms with van der Waals surface area (Å²) in [5, 5.41) is 16.2. The molecule has 2 aromatic heterocycles. The third-order valence-electron chi connectivity index (χ3n) is 5.58. The Morgan fingerprint density at radius 2 is 1.88 bits per heavy atom. The molecule has 170 valence electrons. The summed E-state index contributed by atoms with van der Waals surface area (Å²) in [6.07, 6.45) is 2.51. The largest absolute Gasteiger partial charge is 0.452 e. The summed E-state index contributed by atoms with van der Waals surface area (Å²) < 4.78 is 5.36. The quantitative estimate of drug-likeness (QED) is 0.247. The number of para-hydroxylation sites is 1. The van der Waals surface area contributed by atoms with Gasteiger partial charge in [-0.1, -0.05) is 18.2 Å². The van der Waals surface area contributed by atoms with Crippen molar-refractivity contribution in [2.24, 2.45) is 0 Å². The standard InChI is InChI=1S/C24H18N4O5S/c29-21(27-24-26-20(13-34-24)14-8-10-15(11-9-14)28(31)32)12-33-23(30)22-16-4-1-2-6-18(16)25-19-7-3-5-17(19)22/h1-2,4,6,8-11,13H,3,5,7,12H2,(H,26,27,29). The summed E-state index contributed by atoms with van der Waals surface area (Å²) in [5.74, 6) is -1.05. The van der Waals surface area contributed by atoms with E-state index in [0.717, 1.165) is 41.4 Å². The van der Waals surface area contributed by atoms with Crippen LogP contribution in [0.1, 0.15) is 28.0 Å². The number of non-ortho nitro benzene ring substituents is 1. The molecule has 1 amide bonds. The number of amides is 1. The number of aryl methyl sites for hydroxylation is 1. The van der Waals surface area contributed by atoms with Gasteiger partial charge in [0, 0.05) is 34.2 Å². The van der Waals surface area contributed by atoms with Crippen molar-refractivity contribution in [3.8, 4) is 11.3 Å². The highest BCUT2D eigenvalue weighted by Gasteiger charge is 2.25. The number of thiazole rings is 1. The highest BCUT2D eigenvalue weighted by atomic mass is 32.1. The molecule has 0 unspecified atom stereocenters. The maximum atomic E-state index is 12.9. The minimum absolute atomic E-state index is 0.0121. The van der Waals surface area contributed by atoms with Crippen LogP contribution in [0.4, 0.5) is 10.8 Å². The van der Waals surface area contributed by atoms with E-state index in [1.54, 1.807) is 17.5 Å². The first-order valence-corrected chi connectivity index (χ1v) is 11.5. The Morgan fingerprint density at radius 3 is 2.68 bits per heavy atom. The number of anilines is 1. The van der Waals surface area contributed by atoms with Gasteiger partial charge in [-0.2, -0.15) is 0 Å². The lowest BCUT2D eigenvalue weighted by Crippen LogP contribution is -2.21. The molecule has 1 aliphatic carbocycles. The van der Waals surface area contributed by atoms with E-state index in [1.165, 1.54) is 23.5 Å². The highest BCUT2D eigenvalue weighted by Crippen LogP contribution is 2.30. The molecule has 0 atom stereocenters. The van der Waals surface area contributed by atoms with Crippen molar-refractivity contribution >= 4 is 44.9 Å². The average molecular weight is 474 g/mol. The van der Waals surface area contributed by atoms with Gasteiger partial charge in [0.25, 0.3) is 11.6 Å². The van der Waals surface area contributed by atoms with Gasteiger partial charge in [-0.25, -0.2) is 9.78 Å². The molecule has 2 heterocycles. The molecule has 0 saturated heterocycles. The Hall–Kier alpha value is -4.18. The smallest absolute Gasteiger partial charge is 0.339 e. The fourth-order valence-electron chi connectivity index (χ4n) is 4.02. The van der Waals surface area contributed by atoms with Crippen molar-refractivity contribution in [2.75, 3.05) is 11.9 Å². The molecule has 0 radical (unpaired) electrons. The minimum atomic E-state index is -0.544. The molecule has 34 heavy (non-hydrogen) atoms. The molecule has 10 heteroatoms. The lowest BCUT2D eigenvalue weighted by molar-refractivity contribution is -0.384. The topological polar surface area (TPSA) is 124 Å². The molecular weight excluding hydrogens is 456 g/mol. The van der Waals surface area contributed by atoms with E-state index < -0.39 is 23.4 Å². The van der Waals surface area contributed by atoms with Gasteiger partial charge in [-0.15, -0.1) is 11.3 Å². The van der Waals surface area contributed by atoms with Crippen LogP contribution >= 0.6 is 11.3 Å². The first-order chi connectivity index (χ1) is 16.5. The molecule has 0 aliphatic heterocycles. The first kappa shape index (κ1) is 21.7. The number of rotatable bonds is 6. The van der Waals surface area contributed by atoms with Crippen LogP contribution in [0.3, 0.4) is 0 Å². The van der Waals surface area contributed by atoms with Gasteiger partial charge < -0.3 is 4.74 Å². The molecule has 5 rings (SSSR count). The number of hydrogen-bond acceptors (Lipinski definition) is 8. The summed E-state index contributed by atoms with van der Waals surface area (Å²) in [6, 6.07) is 13.4. The Balaban J connectivity index is 1.26. The van der Waals surface area contributed by atoms with Crippen LogP contribution < -0.4 is 5.32 Å². The van der Waals surface area contributed by atoms with E-state index in [2.05, 4.69) is 15.3 Å². The molecule has 1 aliphatic rings. The van der Waals surface area contributed by atoms with E-state index >= 15 is 0 Å². The zero-order valence-corrected chi connectivity index (χ0v) is 18.6. The molecule has 0 saturated carbocycles. The number of aromatic nitrogens is 2. The second kappa shape index (κ2) is 8.99.